The van der Waals surface area contributed by atoms with Crippen LogP contribution in [0, 0.1) is 0 Å². The van der Waals surface area contributed by atoms with Crippen molar-refractivity contribution in [3.63, 3.8) is 0 Å². The minimum absolute atomic E-state index is 0.396. The number of hydrogen-bond donors (Lipinski definition) is 1. The molecule has 2 nitrogen and oxygen atoms in total. The van der Waals surface area contributed by atoms with Crippen LogP contribution >= 0.6 is 0 Å². The number of nitrogens with one attached hydrogen (secondary N) is 1. The molecule has 0 heterocycles. The van der Waals surface area contributed by atoms with E-state index >= 15 is 0 Å². The lowest BCUT2D eigenvalue weighted by Crippen LogP contribution is -2.16. The lowest BCUT2D eigenvalue weighted by molar-refractivity contribution is 0.892. The summed E-state index contributed by atoms with van der Waals surface area (Å²) in [6.07, 6.45) is 0. The first-order valence-corrected chi connectivity index (χ1v) is 6.66. The number of hydrogen-bond acceptors (Lipinski definition) is 2. The highest BCUT2D eigenvalue weighted by atomic mass is 14.9. The summed E-state index contributed by atoms with van der Waals surface area (Å²) in [7, 11) is 0. The van der Waals surface area contributed by atoms with Gasteiger partial charge in [-0.25, -0.2) is 0 Å². The van der Waals surface area contributed by atoms with Gasteiger partial charge in [0, 0.05) is 6.04 Å². The molecule has 2 rings (SSSR count). The highest BCUT2D eigenvalue weighted by Crippen LogP contribution is 2.03. The Balaban J connectivity index is 2.30. The van der Waals surface area contributed by atoms with Crippen molar-refractivity contribution in [1.82, 2.24) is 0 Å². The normalized spacial score (nSPS) is 11.6. The standard InChI is InChI=1S/C17H20N2/c1-14(2)19-17-12-8-4-7-11-16(17)18-13-15-9-5-3-6-10-15/h3-12,14H,13H2,1-2H3,(H,18,19). The number of rotatable bonds is 4. The summed E-state index contributed by atoms with van der Waals surface area (Å²) in [5.41, 5.74) is 2.31. The van der Waals surface area contributed by atoms with E-state index in [9.17, 15) is 0 Å². The third kappa shape index (κ3) is 4.25. The molecule has 0 aliphatic rings. The molecule has 0 aliphatic heterocycles. The van der Waals surface area contributed by atoms with Crippen molar-refractivity contribution in [1.29, 1.82) is 0 Å². The maximum Gasteiger partial charge on any atom is 0.0809 e. The molecule has 0 aromatic heterocycles. The van der Waals surface area contributed by atoms with E-state index < -0.39 is 0 Å². The molecule has 0 amide bonds. The van der Waals surface area contributed by atoms with E-state index in [1.807, 2.05) is 42.5 Å². The maximum absolute atomic E-state index is 4.71. The fourth-order valence-corrected chi connectivity index (χ4v) is 1.87. The number of anilines is 1. The van der Waals surface area contributed by atoms with Gasteiger partial charge in [-0.3, -0.25) is 4.99 Å². The van der Waals surface area contributed by atoms with Crippen LogP contribution in [0.25, 0.3) is 0 Å². The van der Waals surface area contributed by atoms with E-state index in [0.717, 1.165) is 11.0 Å². The molecule has 0 radical (unpaired) electrons. The van der Waals surface area contributed by atoms with Gasteiger partial charge >= 0.3 is 0 Å². The Morgan fingerprint density at radius 2 is 1.53 bits per heavy atom. The van der Waals surface area contributed by atoms with Crippen LogP contribution in [-0.4, -0.2) is 6.04 Å². The van der Waals surface area contributed by atoms with Crippen molar-refractivity contribution in [2.24, 2.45) is 4.99 Å². The SMILES string of the molecule is CC(C)Nc1cccccc1=NCc1ccccc1. The molecule has 0 saturated heterocycles. The van der Waals surface area contributed by atoms with Gasteiger partial charge in [-0.1, -0.05) is 48.5 Å². The zero-order valence-corrected chi connectivity index (χ0v) is 11.5. The minimum atomic E-state index is 0.396. The van der Waals surface area contributed by atoms with Crippen molar-refractivity contribution in [2.75, 3.05) is 5.32 Å². The summed E-state index contributed by atoms with van der Waals surface area (Å²) in [4.78, 5) is 4.71. The number of nitrogens with zero attached hydrogens (tertiary/aromatic N) is 1. The fraction of sp³-hybridized carbons (Fsp3) is 0.235. The second-order valence-electron chi connectivity index (χ2n) is 4.81. The van der Waals surface area contributed by atoms with Crippen molar-refractivity contribution in [2.45, 2.75) is 26.4 Å². The van der Waals surface area contributed by atoms with Gasteiger partial charge in [0.2, 0.25) is 0 Å². The molecule has 2 aromatic carbocycles. The molecule has 0 atom stereocenters. The smallest absolute Gasteiger partial charge is 0.0809 e. The van der Waals surface area contributed by atoms with Crippen LogP contribution in [0.2, 0.25) is 0 Å². The quantitative estimate of drug-likeness (QED) is 0.883. The van der Waals surface area contributed by atoms with Crippen LogP contribution in [0.15, 0.2) is 65.7 Å². The number of benzene rings is 1. The van der Waals surface area contributed by atoms with E-state index in [1.165, 1.54) is 5.56 Å². The van der Waals surface area contributed by atoms with Gasteiger partial charge in [0.1, 0.15) is 0 Å². The van der Waals surface area contributed by atoms with Crippen LogP contribution in [0.1, 0.15) is 19.4 Å². The van der Waals surface area contributed by atoms with Crippen LogP contribution < -0.4 is 10.7 Å². The van der Waals surface area contributed by atoms with Gasteiger partial charge < -0.3 is 5.32 Å². The van der Waals surface area contributed by atoms with Crippen molar-refractivity contribution in [3.05, 3.63) is 71.6 Å². The first-order chi connectivity index (χ1) is 9.25. The minimum Gasteiger partial charge on any atom is -0.381 e. The van der Waals surface area contributed by atoms with Gasteiger partial charge in [-0.15, -0.1) is 0 Å². The highest BCUT2D eigenvalue weighted by molar-refractivity contribution is 5.42. The summed E-state index contributed by atoms with van der Waals surface area (Å²) in [5, 5.41) is 4.44. The Hall–Kier alpha value is -2.09. The monoisotopic (exact) mass is 252 g/mol. The average Bonchev–Trinajstić information content (AvgIpc) is 2.62. The third-order valence-electron chi connectivity index (χ3n) is 2.73. The summed E-state index contributed by atoms with van der Waals surface area (Å²) in [6.45, 7) is 4.97. The molecule has 0 saturated carbocycles. The molecular weight excluding hydrogens is 232 g/mol. The molecule has 1 N–H and O–H groups in total. The molecule has 0 unspecified atom stereocenters. The summed E-state index contributed by atoms with van der Waals surface area (Å²) in [6, 6.07) is 20.9. The Labute approximate surface area is 114 Å². The molecule has 2 aromatic rings. The van der Waals surface area contributed by atoms with Crippen LogP contribution in [0.4, 0.5) is 5.69 Å². The first-order valence-electron chi connectivity index (χ1n) is 6.66. The second kappa shape index (κ2) is 6.74. The van der Waals surface area contributed by atoms with E-state index in [1.54, 1.807) is 0 Å². The van der Waals surface area contributed by atoms with Crippen LogP contribution in [0.5, 0.6) is 0 Å². The Morgan fingerprint density at radius 1 is 0.895 bits per heavy atom. The molecule has 19 heavy (non-hydrogen) atoms. The predicted molar refractivity (Wildman–Crippen MR) is 80.9 cm³/mol. The average molecular weight is 252 g/mol. The Morgan fingerprint density at radius 3 is 2.21 bits per heavy atom. The van der Waals surface area contributed by atoms with E-state index in [0.29, 0.717) is 12.6 Å². The molecule has 0 spiro atoms. The van der Waals surface area contributed by atoms with Gasteiger partial charge in [0.15, 0.2) is 0 Å². The van der Waals surface area contributed by atoms with Gasteiger partial charge in [0.25, 0.3) is 0 Å². The van der Waals surface area contributed by atoms with Gasteiger partial charge in [-0.2, -0.15) is 0 Å². The first kappa shape index (κ1) is 13.3. The van der Waals surface area contributed by atoms with Gasteiger partial charge in [-0.05, 0) is 31.5 Å². The van der Waals surface area contributed by atoms with Gasteiger partial charge in [0.05, 0.1) is 17.6 Å². The zero-order valence-electron chi connectivity index (χ0n) is 11.5. The molecule has 0 fully saturated rings. The lowest BCUT2D eigenvalue weighted by atomic mass is 10.2. The summed E-state index contributed by atoms with van der Waals surface area (Å²) in [5.74, 6) is 0. The molecule has 0 bridgehead atoms. The zero-order chi connectivity index (χ0) is 13.5. The predicted octanol–water partition coefficient (Wildman–Crippen LogP) is 3.61. The van der Waals surface area contributed by atoms with Crippen molar-refractivity contribution in [3.8, 4) is 0 Å². The molecular formula is C17H20N2. The Kier molecular flexibility index (Phi) is 4.73. The highest BCUT2D eigenvalue weighted by Gasteiger charge is 1.96. The second-order valence-corrected chi connectivity index (χ2v) is 4.81. The molecule has 0 aliphatic carbocycles. The Bertz CT molecular complexity index is 574. The summed E-state index contributed by atoms with van der Waals surface area (Å²) >= 11 is 0. The molecule has 98 valence electrons. The summed E-state index contributed by atoms with van der Waals surface area (Å²) < 4.78 is 0. The van der Waals surface area contributed by atoms with Crippen molar-refractivity contribution < 1.29 is 0 Å². The topological polar surface area (TPSA) is 24.4 Å². The largest absolute Gasteiger partial charge is 0.381 e. The fourth-order valence-electron chi connectivity index (χ4n) is 1.87. The van der Waals surface area contributed by atoms with E-state index in [4.69, 9.17) is 4.99 Å². The lowest BCUT2D eigenvalue weighted by Gasteiger charge is -2.08. The van der Waals surface area contributed by atoms with E-state index in [2.05, 4.69) is 37.4 Å². The van der Waals surface area contributed by atoms with Crippen LogP contribution in [-0.2, 0) is 6.54 Å². The van der Waals surface area contributed by atoms with Crippen molar-refractivity contribution >= 4 is 5.69 Å². The molecule has 2 heteroatoms. The third-order valence-corrected chi connectivity index (χ3v) is 2.73. The maximum atomic E-state index is 4.71. The van der Waals surface area contributed by atoms with Crippen LogP contribution in [0.3, 0.4) is 0 Å². The van der Waals surface area contributed by atoms with E-state index in [-0.39, 0.29) is 0 Å².